The molecule has 1 fully saturated rings. The molecule has 1 aromatic carbocycles. The number of anilines is 1. The smallest absolute Gasteiger partial charge is 0.191 e. The van der Waals surface area contributed by atoms with E-state index in [-0.39, 0.29) is 24.0 Å². The van der Waals surface area contributed by atoms with E-state index in [1.165, 1.54) is 24.2 Å². The molecule has 2 aromatic rings. The van der Waals surface area contributed by atoms with Crippen LogP contribution in [0.3, 0.4) is 0 Å². The van der Waals surface area contributed by atoms with E-state index < -0.39 is 0 Å². The Bertz CT molecular complexity index is 667. The number of aromatic nitrogens is 1. The Morgan fingerprint density at radius 3 is 2.68 bits per heavy atom. The summed E-state index contributed by atoms with van der Waals surface area (Å²) in [6.45, 7) is 2.91. The van der Waals surface area contributed by atoms with Gasteiger partial charge in [-0.05, 0) is 37.1 Å². The second-order valence-corrected chi connectivity index (χ2v) is 6.30. The molecule has 136 valence electrons. The number of guanidine groups is 1. The van der Waals surface area contributed by atoms with Gasteiger partial charge in [0, 0.05) is 50.8 Å². The lowest BCUT2D eigenvalue weighted by Gasteiger charge is -2.35. The Balaban J connectivity index is 0.00000225. The molecule has 0 bridgehead atoms. The van der Waals surface area contributed by atoms with Gasteiger partial charge in [-0.15, -0.1) is 24.0 Å². The summed E-state index contributed by atoms with van der Waals surface area (Å²) in [5, 5.41) is 6.99. The first-order valence-electron chi connectivity index (χ1n) is 8.63. The van der Waals surface area contributed by atoms with Crippen molar-refractivity contribution in [1.29, 1.82) is 0 Å². The average Bonchev–Trinajstić information content (AvgIpc) is 3.04. The monoisotopic (exact) mass is 453 g/mol. The maximum atomic E-state index is 4.38. The van der Waals surface area contributed by atoms with Crippen molar-refractivity contribution in [3.8, 4) is 0 Å². The number of piperidine rings is 1. The van der Waals surface area contributed by atoms with Crippen molar-refractivity contribution in [3.63, 3.8) is 0 Å². The van der Waals surface area contributed by atoms with Gasteiger partial charge in [0.05, 0.1) is 6.54 Å². The van der Waals surface area contributed by atoms with Crippen LogP contribution in [0.4, 0.5) is 5.69 Å². The van der Waals surface area contributed by atoms with Gasteiger partial charge in [-0.2, -0.15) is 0 Å². The Morgan fingerprint density at radius 2 is 2.00 bits per heavy atom. The summed E-state index contributed by atoms with van der Waals surface area (Å²) in [4.78, 5) is 6.83. The first kappa shape index (κ1) is 19.6. The third-order valence-corrected chi connectivity index (χ3v) is 4.60. The van der Waals surface area contributed by atoms with Crippen LogP contribution in [0, 0.1) is 0 Å². The molecule has 5 nitrogen and oxygen atoms in total. The van der Waals surface area contributed by atoms with Crippen LogP contribution in [-0.2, 0) is 13.6 Å². The van der Waals surface area contributed by atoms with Gasteiger partial charge in [0.25, 0.3) is 0 Å². The number of para-hydroxylation sites is 1. The van der Waals surface area contributed by atoms with Crippen molar-refractivity contribution in [2.45, 2.75) is 25.4 Å². The van der Waals surface area contributed by atoms with Gasteiger partial charge in [-0.1, -0.05) is 18.2 Å². The molecule has 6 heteroatoms. The molecule has 1 aromatic heterocycles. The van der Waals surface area contributed by atoms with E-state index in [1.807, 2.05) is 7.05 Å². The summed E-state index contributed by atoms with van der Waals surface area (Å²) in [5.74, 6) is 0.871. The Morgan fingerprint density at radius 1 is 1.20 bits per heavy atom. The lowest BCUT2D eigenvalue weighted by atomic mass is 10.1. The molecule has 2 heterocycles. The number of aryl methyl sites for hydroxylation is 1. The highest BCUT2D eigenvalue weighted by molar-refractivity contribution is 14.0. The van der Waals surface area contributed by atoms with Gasteiger partial charge in [-0.25, -0.2) is 0 Å². The van der Waals surface area contributed by atoms with Gasteiger partial charge < -0.3 is 20.1 Å². The molecule has 0 aliphatic carbocycles. The lowest BCUT2D eigenvalue weighted by molar-refractivity contribution is 0.467. The molecular weight excluding hydrogens is 425 g/mol. The molecule has 0 amide bonds. The van der Waals surface area contributed by atoms with Crippen molar-refractivity contribution in [2.75, 3.05) is 25.0 Å². The van der Waals surface area contributed by atoms with Crippen LogP contribution in [0.15, 0.2) is 53.7 Å². The second kappa shape index (κ2) is 9.70. The minimum atomic E-state index is 0. The fraction of sp³-hybridized carbons (Fsp3) is 0.421. The van der Waals surface area contributed by atoms with Gasteiger partial charge >= 0.3 is 0 Å². The van der Waals surface area contributed by atoms with Crippen LogP contribution >= 0.6 is 24.0 Å². The molecule has 2 N–H and O–H groups in total. The van der Waals surface area contributed by atoms with Crippen molar-refractivity contribution in [2.24, 2.45) is 12.0 Å². The number of nitrogens with zero attached hydrogens (tertiary/aromatic N) is 3. The number of hydrogen-bond donors (Lipinski definition) is 2. The van der Waals surface area contributed by atoms with Crippen molar-refractivity contribution < 1.29 is 0 Å². The van der Waals surface area contributed by atoms with Crippen LogP contribution in [0.2, 0.25) is 0 Å². The van der Waals surface area contributed by atoms with Gasteiger partial charge in [-0.3, -0.25) is 4.99 Å². The third-order valence-electron chi connectivity index (χ3n) is 4.60. The molecule has 1 atom stereocenters. The van der Waals surface area contributed by atoms with Gasteiger partial charge in [0.15, 0.2) is 5.96 Å². The normalized spacial score (nSPS) is 17.8. The van der Waals surface area contributed by atoms with E-state index in [4.69, 9.17) is 0 Å². The van der Waals surface area contributed by atoms with Crippen LogP contribution in [0.5, 0.6) is 0 Å². The number of nitrogens with one attached hydrogen (secondary N) is 2. The third kappa shape index (κ3) is 5.39. The molecule has 1 unspecified atom stereocenters. The zero-order valence-corrected chi connectivity index (χ0v) is 17.3. The first-order chi connectivity index (χ1) is 11.8. The van der Waals surface area contributed by atoms with Crippen LogP contribution < -0.4 is 15.5 Å². The van der Waals surface area contributed by atoms with E-state index in [1.54, 1.807) is 0 Å². The number of hydrogen-bond acceptors (Lipinski definition) is 2. The van der Waals surface area contributed by atoms with Crippen molar-refractivity contribution in [3.05, 3.63) is 54.4 Å². The highest BCUT2D eigenvalue weighted by atomic mass is 127. The van der Waals surface area contributed by atoms with Crippen LogP contribution in [-0.4, -0.2) is 36.7 Å². The largest absolute Gasteiger partial charge is 0.369 e. The van der Waals surface area contributed by atoms with Crippen molar-refractivity contribution >= 4 is 35.6 Å². The molecule has 0 radical (unpaired) electrons. The first-order valence-corrected chi connectivity index (χ1v) is 8.63. The number of benzene rings is 1. The standard InChI is InChI=1S/C19H27N5.HI/c1-20-19(21-14-18-11-7-12-23(18)2)22-16-8-6-13-24(15-16)17-9-4-3-5-10-17;/h3-5,7,9-12,16H,6,8,13-15H2,1-2H3,(H2,20,21,22);1H. The second-order valence-electron chi connectivity index (χ2n) is 6.30. The molecule has 1 aliphatic rings. The zero-order valence-electron chi connectivity index (χ0n) is 15.0. The predicted molar refractivity (Wildman–Crippen MR) is 116 cm³/mol. The molecule has 25 heavy (non-hydrogen) atoms. The van der Waals surface area contributed by atoms with Gasteiger partial charge in [0.2, 0.25) is 0 Å². The topological polar surface area (TPSA) is 44.6 Å². The summed E-state index contributed by atoms with van der Waals surface area (Å²) >= 11 is 0. The van der Waals surface area contributed by atoms with Gasteiger partial charge in [0.1, 0.15) is 0 Å². The molecule has 1 aliphatic heterocycles. The van der Waals surface area contributed by atoms with E-state index in [0.29, 0.717) is 6.04 Å². The number of halogens is 1. The molecule has 0 saturated carbocycles. The fourth-order valence-electron chi connectivity index (χ4n) is 3.21. The number of aliphatic imine (C=N–C) groups is 1. The predicted octanol–water partition coefficient (Wildman–Crippen LogP) is 2.98. The zero-order chi connectivity index (χ0) is 16.8. The molecule has 1 saturated heterocycles. The van der Waals surface area contributed by atoms with Crippen LogP contribution in [0.1, 0.15) is 18.5 Å². The van der Waals surface area contributed by atoms with E-state index in [9.17, 15) is 0 Å². The van der Waals surface area contributed by atoms with Crippen molar-refractivity contribution in [1.82, 2.24) is 15.2 Å². The highest BCUT2D eigenvalue weighted by Gasteiger charge is 2.20. The maximum Gasteiger partial charge on any atom is 0.191 e. The molecule has 0 spiro atoms. The highest BCUT2D eigenvalue weighted by Crippen LogP contribution is 2.19. The summed E-state index contributed by atoms with van der Waals surface area (Å²) < 4.78 is 2.12. The quantitative estimate of drug-likeness (QED) is 0.425. The SMILES string of the molecule is CN=C(NCc1cccn1C)NC1CCCN(c2ccccc2)C1.I. The minimum Gasteiger partial charge on any atom is -0.369 e. The molecular formula is C19H28IN5. The fourth-order valence-corrected chi connectivity index (χ4v) is 3.21. The Hall–Kier alpha value is -1.70. The average molecular weight is 453 g/mol. The maximum absolute atomic E-state index is 4.38. The molecule has 3 rings (SSSR count). The summed E-state index contributed by atoms with van der Waals surface area (Å²) in [6, 6.07) is 15.2. The van der Waals surface area contributed by atoms with E-state index in [0.717, 1.165) is 25.6 Å². The summed E-state index contributed by atoms with van der Waals surface area (Å²) in [6.07, 6.45) is 4.43. The Labute approximate surface area is 167 Å². The minimum absolute atomic E-state index is 0. The van der Waals surface area contributed by atoms with Crippen LogP contribution in [0.25, 0.3) is 0 Å². The summed E-state index contributed by atoms with van der Waals surface area (Å²) in [5.41, 5.74) is 2.54. The van der Waals surface area contributed by atoms with E-state index in [2.05, 4.69) is 80.8 Å². The van der Waals surface area contributed by atoms with E-state index >= 15 is 0 Å². The number of rotatable bonds is 4. The lowest BCUT2D eigenvalue weighted by Crippen LogP contribution is -2.51. The Kier molecular flexibility index (Phi) is 7.61. The summed E-state index contributed by atoms with van der Waals surface area (Å²) in [7, 11) is 3.89.